The standard InChI is InChI=1S/C11H19N3O2/c1-8(2)6-13-10(15)5-12-14(11(13)16)7-9(3)4/h5,8-9H,6-7H2,1-4H3. The number of hydrogen-bond donors (Lipinski definition) is 0. The third kappa shape index (κ3) is 3.05. The largest absolute Gasteiger partial charge is 0.347 e. The first-order valence-electron chi connectivity index (χ1n) is 5.58. The maximum absolute atomic E-state index is 11.9. The van der Waals surface area contributed by atoms with Crippen molar-refractivity contribution in [2.45, 2.75) is 40.8 Å². The molecule has 0 aliphatic heterocycles. The zero-order chi connectivity index (χ0) is 12.3. The molecule has 0 fully saturated rings. The van der Waals surface area contributed by atoms with Gasteiger partial charge in [0.1, 0.15) is 6.20 Å². The van der Waals surface area contributed by atoms with E-state index in [1.165, 1.54) is 15.4 Å². The third-order valence-corrected chi connectivity index (χ3v) is 2.11. The second-order valence-corrected chi connectivity index (χ2v) is 4.85. The van der Waals surface area contributed by atoms with Gasteiger partial charge in [-0.05, 0) is 11.8 Å². The number of nitrogens with zero attached hydrogens (tertiary/aromatic N) is 3. The summed E-state index contributed by atoms with van der Waals surface area (Å²) >= 11 is 0. The molecule has 16 heavy (non-hydrogen) atoms. The molecule has 1 aromatic rings. The maximum Gasteiger partial charge on any atom is 0.347 e. The van der Waals surface area contributed by atoms with E-state index in [2.05, 4.69) is 5.10 Å². The molecule has 0 amide bonds. The molecular formula is C11H19N3O2. The molecule has 0 bridgehead atoms. The molecular weight excluding hydrogens is 206 g/mol. The Morgan fingerprint density at radius 1 is 1.12 bits per heavy atom. The highest BCUT2D eigenvalue weighted by Gasteiger charge is 2.08. The van der Waals surface area contributed by atoms with Crippen LogP contribution < -0.4 is 11.2 Å². The van der Waals surface area contributed by atoms with Crippen LogP contribution in [0.3, 0.4) is 0 Å². The van der Waals surface area contributed by atoms with E-state index >= 15 is 0 Å². The molecule has 0 radical (unpaired) electrons. The summed E-state index contributed by atoms with van der Waals surface area (Å²) in [5, 5.41) is 3.86. The van der Waals surface area contributed by atoms with Gasteiger partial charge in [-0.1, -0.05) is 27.7 Å². The van der Waals surface area contributed by atoms with Crippen molar-refractivity contribution in [2.24, 2.45) is 11.8 Å². The Hall–Kier alpha value is -1.39. The fraction of sp³-hybridized carbons (Fsp3) is 0.727. The van der Waals surface area contributed by atoms with Gasteiger partial charge in [-0.3, -0.25) is 9.36 Å². The lowest BCUT2D eigenvalue weighted by molar-refractivity contribution is 0.405. The van der Waals surface area contributed by atoms with Crippen LogP contribution in [0, 0.1) is 11.8 Å². The van der Waals surface area contributed by atoms with Crippen LogP contribution in [0.15, 0.2) is 15.8 Å². The van der Waals surface area contributed by atoms with E-state index in [0.717, 1.165) is 0 Å². The Bertz CT molecular complexity index is 457. The molecule has 1 heterocycles. The van der Waals surface area contributed by atoms with E-state index in [-0.39, 0.29) is 17.2 Å². The van der Waals surface area contributed by atoms with Crippen molar-refractivity contribution < 1.29 is 0 Å². The molecule has 0 aliphatic carbocycles. The molecule has 5 heteroatoms. The van der Waals surface area contributed by atoms with Crippen molar-refractivity contribution >= 4 is 0 Å². The van der Waals surface area contributed by atoms with Crippen LogP contribution in [0.25, 0.3) is 0 Å². The lowest BCUT2D eigenvalue weighted by Crippen LogP contribution is -2.42. The van der Waals surface area contributed by atoms with E-state index in [4.69, 9.17) is 0 Å². The first-order chi connectivity index (χ1) is 7.41. The zero-order valence-corrected chi connectivity index (χ0v) is 10.3. The summed E-state index contributed by atoms with van der Waals surface area (Å²) in [6.07, 6.45) is 1.21. The van der Waals surface area contributed by atoms with Gasteiger partial charge in [-0.25, -0.2) is 9.48 Å². The number of rotatable bonds is 4. The summed E-state index contributed by atoms with van der Waals surface area (Å²) in [4.78, 5) is 23.4. The quantitative estimate of drug-likeness (QED) is 0.758. The highest BCUT2D eigenvalue weighted by Crippen LogP contribution is 1.95. The van der Waals surface area contributed by atoms with Crippen LogP contribution >= 0.6 is 0 Å². The smallest absolute Gasteiger partial charge is 0.267 e. The van der Waals surface area contributed by atoms with Gasteiger partial charge in [0.2, 0.25) is 0 Å². The van der Waals surface area contributed by atoms with E-state index in [1.807, 2.05) is 27.7 Å². The Balaban J connectivity index is 3.17. The van der Waals surface area contributed by atoms with Gasteiger partial charge in [0.15, 0.2) is 0 Å². The third-order valence-electron chi connectivity index (χ3n) is 2.11. The fourth-order valence-corrected chi connectivity index (χ4v) is 1.48. The average molecular weight is 225 g/mol. The second kappa shape index (κ2) is 5.09. The molecule has 1 aromatic heterocycles. The second-order valence-electron chi connectivity index (χ2n) is 4.85. The van der Waals surface area contributed by atoms with Gasteiger partial charge in [0.05, 0.1) is 0 Å². The molecule has 0 aliphatic rings. The summed E-state index contributed by atoms with van der Waals surface area (Å²) in [6.45, 7) is 8.94. The Morgan fingerprint density at radius 3 is 2.19 bits per heavy atom. The van der Waals surface area contributed by atoms with E-state index in [9.17, 15) is 9.59 Å². The molecule has 0 aromatic carbocycles. The van der Waals surface area contributed by atoms with E-state index in [1.54, 1.807) is 0 Å². The molecule has 0 atom stereocenters. The monoisotopic (exact) mass is 225 g/mol. The van der Waals surface area contributed by atoms with Crippen molar-refractivity contribution in [2.75, 3.05) is 0 Å². The van der Waals surface area contributed by atoms with Crippen LogP contribution in [0.2, 0.25) is 0 Å². The molecule has 0 unspecified atom stereocenters. The van der Waals surface area contributed by atoms with Crippen molar-refractivity contribution in [1.29, 1.82) is 0 Å². The number of hydrogen-bond acceptors (Lipinski definition) is 3. The average Bonchev–Trinajstić information content (AvgIpc) is 2.16. The molecule has 1 rings (SSSR count). The van der Waals surface area contributed by atoms with Crippen LogP contribution in [-0.4, -0.2) is 14.3 Å². The Morgan fingerprint density at radius 2 is 1.69 bits per heavy atom. The molecule has 0 saturated carbocycles. The first-order valence-corrected chi connectivity index (χ1v) is 5.58. The highest BCUT2D eigenvalue weighted by molar-refractivity contribution is 4.76. The van der Waals surface area contributed by atoms with Gasteiger partial charge >= 0.3 is 5.69 Å². The topological polar surface area (TPSA) is 56.9 Å². The summed E-state index contributed by atoms with van der Waals surface area (Å²) in [5.74, 6) is 0.593. The summed E-state index contributed by atoms with van der Waals surface area (Å²) < 4.78 is 2.61. The van der Waals surface area contributed by atoms with Crippen molar-refractivity contribution in [3.8, 4) is 0 Å². The SMILES string of the molecule is CC(C)Cn1ncc(=O)n(CC(C)C)c1=O. The summed E-state index contributed by atoms with van der Waals surface area (Å²) in [6, 6.07) is 0. The minimum Gasteiger partial charge on any atom is -0.267 e. The van der Waals surface area contributed by atoms with Crippen molar-refractivity contribution in [1.82, 2.24) is 14.3 Å². The van der Waals surface area contributed by atoms with Crippen molar-refractivity contribution in [3.63, 3.8) is 0 Å². The van der Waals surface area contributed by atoms with Gasteiger partial charge in [0, 0.05) is 13.1 Å². The maximum atomic E-state index is 11.9. The molecule has 0 saturated heterocycles. The van der Waals surface area contributed by atoms with E-state index < -0.39 is 0 Å². The van der Waals surface area contributed by atoms with Gasteiger partial charge in [-0.15, -0.1) is 0 Å². The van der Waals surface area contributed by atoms with Crippen molar-refractivity contribution in [3.05, 3.63) is 27.0 Å². The molecule has 90 valence electrons. The molecule has 0 spiro atoms. The van der Waals surface area contributed by atoms with Gasteiger partial charge in [-0.2, -0.15) is 5.10 Å². The highest BCUT2D eigenvalue weighted by atomic mass is 16.2. The Kier molecular flexibility index (Phi) is 4.04. The normalized spacial score (nSPS) is 11.4. The predicted molar refractivity (Wildman–Crippen MR) is 62.4 cm³/mol. The fourth-order valence-electron chi connectivity index (χ4n) is 1.48. The molecule has 0 N–H and O–H groups in total. The van der Waals surface area contributed by atoms with Gasteiger partial charge in [0.25, 0.3) is 5.56 Å². The van der Waals surface area contributed by atoms with Crippen LogP contribution in [0.5, 0.6) is 0 Å². The van der Waals surface area contributed by atoms with E-state index in [0.29, 0.717) is 19.0 Å². The minimum absolute atomic E-state index is 0.264. The van der Waals surface area contributed by atoms with Crippen LogP contribution in [0.4, 0.5) is 0 Å². The first kappa shape index (κ1) is 12.7. The van der Waals surface area contributed by atoms with Gasteiger partial charge < -0.3 is 0 Å². The summed E-state index contributed by atoms with van der Waals surface area (Å²) in [7, 11) is 0. The lowest BCUT2D eigenvalue weighted by atomic mass is 10.2. The number of aromatic nitrogens is 3. The zero-order valence-electron chi connectivity index (χ0n) is 10.3. The van der Waals surface area contributed by atoms with Crippen LogP contribution in [0.1, 0.15) is 27.7 Å². The minimum atomic E-state index is -0.321. The predicted octanol–water partition coefficient (Wildman–Crippen LogP) is 0.717. The molecule has 5 nitrogen and oxygen atoms in total. The summed E-state index contributed by atoms with van der Waals surface area (Å²) in [5.41, 5.74) is -0.631. The Labute approximate surface area is 94.7 Å². The lowest BCUT2D eigenvalue weighted by Gasteiger charge is -2.11. The van der Waals surface area contributed by atoms with Crippen LogP contribution in [-0.2, 0) is 13.1 Å².